The van der Waals surface area contributed by atoms with Gasteiger partial charge in [-0.05, 0) is 25.1 Å². The maximum atomic E-state index is 13.1. The van der Waals surface area contributed by atoms with Gasteiger partial charge in [0.05, 0.1) is 0 Å². The number of benzene rings is 1. The van der Waals surface area contributed by atoms with E-state index in [4.69, 9.17) is 5.73 Å². The third-order valence-electron chi connectivity index (χ3n) is 2.14. The summed E-state index contributed by atoms with van der Waals surface area (Å²) in [4.78, 5) is 10.4. The topological polar surface area (TPSA) is 55.1 Å². The van der Waals surface area contributed by atoms with Crippen molar-refractivity contribution in [2.75, 3.05) is 6.54 Å². The van der Waals surface area contributed by atoms with Crippen LogP contribution in [0, 0.1) is 11.6 Å². The van der Waals surface area contributed by atoms with E-state index in [2.05, 4.69) is 5.32 Å². The highest BCUT2D eigenvalue weighted by Gasteiger charge is 2.06. The molecule has 0 saturated heterocycles. The zero-order valence-corrected chi connectivity index (χ0v) is 8.80. The number of carbonyl (C=O) groups excluding carboxylic acids is 1. The first kappa shape index (κ1) is 12.6. The predicted molar refractivity (Wildman–Crippen MR) is 56.5 cm³/mol. The van der Waals surface area contributed by atoms with Gasteiger partial charge in [0.2, 0.25) is 5.91 Å². The molecular formula is C11H14F2N2O. The van der Waals surface area contributed by atoms with Gasteiger partial charge < -0.3 is 11.1 Å². The van der Waals surface area contributed by atoms with Crippen molar-refractivity contribution in [3.63, 3.8) is 0 Å². The van der Waals surface area contributed by atoms with E-state index in [1.54, 1.807) is 0 Å². The summed E-state index contributed by atoms with van der Waals surface area (Å²) in [6.07, 6.45) is 0.832. The maximum Gasteiger partial charge on any atom is 0.217 e. The molecule has 0 saturated carbocycles. The van der Waals surface area contributed by atoms with Gasteiger partial charge >= 0.3 is 0 Å². The summed E-state index contributed by atoms with van der Waals surface area (Å²) < 4.78 is 26.3. The molecule has 16 heavy (non-hydrogen) atoms. The second kappa shape index (κ2) is 6.17. The SMILES string of the molecule is NC(=O)CCCNCc1c(F)cccc1F. The quantitative estimate of drug-likeness (QED) is 0.721. The van der Waals surface area contributed by atoms with E-state index in [1.165, 1.54) is 18.2 Å². The molecule has 0 radical (unpaired) electrons. The number of hydrogen-bond donors (Lipinski definition) is 2. The van der Waals surface area contributed by atoms with Crippen LogP contribution in [-0.4, -0.2) is 12.5 Å². The van der Waals surface area contributed by atoms with E-state index < -0.39 is 11.6 Å². The first-order valence-electron chi connectivity index (χ1n) is 5.03. The number of halogens is 2. The molecule has 1 aromatic rings. The molecule has 0 spiro atoms. The summed E-state index contributed by atoms with van der Waals surface area (Å²) in [5.41, 5.74) is 4.96. The monoisotopic (exact) mass is 228 g/mol. The fourth-order valence-corrected chi connectivity index (χ4v) is 1.30. The molecule has 0 aliphatic rings. The number of rotatable bonds is 6. The predicted octanol–water partition coefficient (Wildman–Crippen LogP) is 1.32. The van der Waals surface area contributed by atoms with Crippen molar-refractivity contribution in [1.29, 1.82) is 0 Å². The van der Waals surface area contributed by atoms with Crippen LogP contribution in [0.3, 0.4) is 0 Å². The van der Waals surface area contributed by atoms with Crippen LogP contribution in [0.1, 0.15) is 18.4 Å². The molecule has 0 aliphatic carbocycles. The Labute approximate surface area is 92.6 Å². The highest BCUT2D eigenvalue weighted by Crippen LogP contribution is 2.11. The molecule has 0 bridgehead atoms. The molecule has 0 heterocycles. The molecular weight excluding hydrogens is 214 g/mol. The minimum absolute atomic E-state index is 0.0153. The van der Waals surface area contributed by atoms with Crippen LogP contribution >= 0.6 is 0 Å². The highest BCUT2D eigenvalue weighted by atomic mass is 19.1. The summed E-state index contributed by atoms with van der Waals surface area (Å²) in [6, 6.07) is 3.74. The number of primary amides is 1. The Balaban J connectivity index is 2.34. The summed E-state index contributed by atoms with van der Waals surface area (Å²) in [7, 11) is 0. The lowest BCUT2D eigenvalue weighted by molar-refractivity contribution is -0.118. The summed E-state index contributed by atoms with van der Waals surface area (Å²) >= 11 is 0. The molecule has 0 atom stereocenters. The van der Waals surface area contributed by atoms with Crippen LogP contribution in [0.15, 0.2) is 18.2 Å². The molecule has 0 fully saturated rings. The molecule has 0 aliphatic heterocycles. The van der Waals surface area contributed by atoms with Crippen LogP contribution in [0.2, 0.25) is 0 Å². The lowest BCUT2D eigenvalue weighted by Gasteiger charge is -2.06. The highest BCUT2D eigenvalue weighted by molar-refractivity contribution is 5.73. The third kappa shape index (κ3) is 3.94. The van der Waals surface area contributed by atoms with E-state index in [0.717, 1.165) is 0 Å². The second-order valence-electron chi connectivity index (χ2n) is 3.45. The van der Waals surface area contributed by atoms with Gasteiger partial charge in [-0.15, -0.1) is 0 Å². The van der Waals surface area contributed by atoms with Crippen molar-refractivity contribution in [1.82, 2.24) is 5.32 Å². The Bertz CT molecular complexity index is 349. The minimum atomic E-state index is -0.567. The molecule has 1 rings (SSSR count). The smallest absolute Gasteiger partial charge is 0.217 e. The van der Waals surface area contributed by atoms with Crippen molar-refractivity contribution < 1.29 is 13.6 Å². The van der Waals surface area contributed by atoms with Gasteiger partial charge in [-0.2, -0.15) is 0 Å². The third-order valence-corrected chi connectivity index (χ3v) is 2.14. The van der Waals surface area contributed by atoms with E-state index in [0.29, 0.717) is 13.0 Å². The Hall–Kier alpha value is -1.49. The van der Waals surface area contributed by atoms with Gasteiger partial charge in [0.15, 0.2) is 0 Å². The fourth-order valence-electron chi connectivity index (χ4n) is 1.30. The van der Waals surface area contributed by atoms with Crippen LogP contribution in [0.5, 0.6) is 0 Å². The molecule has 0 aromatic heterocycles. The normalized spacial score (nSPS) is 10.4. The molecule has 5 heteroatoms. The zero-order valence-electron chi connectivity index (χ0n) is 8.80. The molecule has 0 unspecified atom stereocenters. The van der Waals surface area contributed by atoms with E-state index in [9.17, 15) is 13.6 Å². The number of hydrogen-bond acceptors (Lipinski definition) is 2. The maximum absolute atomic E-state index is 13.1. The van der Waals surface area contributed by atoms with Gasteiger partial charge in [0.25, 0.3) is 0 Å². The average molecular weight is 228 g/mol. The Morgan fingerprint density at radius 3 is 2.50 bits per heavy atom. The molecule has 1 amide bonds. The lowest BCUT2D eigenvalue weighted by Crippen LogP contribution is -2.19. The second-order valence-corrected chi connectivity index (χ2v) is 3.45. The van der Waals surface area contributed by atoms with Crippen molar-refractivity contribution in [3.8, 4) is 0 Å². The van der Waals surface area contributed by atoms with Crippen LogP contribution in [0.25, 0.3) is 0 Å². The zero-order chi connectivity index (χ0) is 12.0. The first-order chi connectivity index (χ1) is 7.61. The van der Waals surface area contributed by atoms with E-state index in [1.807, 2.05) is 0 Å². The van der Waals surface area contributed by atoms with Crippen molar-refractivity contribution in [3.05, 3.63) is 35.4 Å². The van der Waals surface area contributed by atoms with E-state index in [-0.39, 0.29) is 24.4 Å². The van der Waals surface area contributed by atoms with Gasteiger partial charge in [-0.3, -0.25) is 4.79 Å². The van der Waals surface area contributed by atoms with Crippen LogP contribution in [0.4, 0.5) is 8.78 Å². The average Bonchev–Trinajstić information content (AvgIpc) is 2.21. The van der Waals surface area contributed by atoms with Crippen molar-refractivity contribution in [2.45, 2.75) is 19.4 Å². The lowest BCUT2D eigenvalue weighted by atomic mass is 10.2. The molecule has 3 N–H and O–H groups in total. The van der Waals surface area contributed by atoms with Gasteiger partial charge in [0.1, 0.15) is 11.6 Å². The standard InChI is InChI=1S/C11H14F2N2O/c12-9-3-1-4-10(13)8(9)7-15-6-2-5-11(14)16/h1,3-4,15H,2,5-7H2,(H2,14,16). The van der Waals surface area contributed by atoms with E-state index >= 15 is 0 Å². The summed E-state index contributed by atoms with van der Waals surface area (Å²) in [6.45, 7) is 0.605. The van der Waals surface area contributed by atoms with Crippen molar-refractivity contribution in [2.24, 2.45) is 5.73 Å². The fraction of sp³-hybridized carbons (Fsp3) is 0.364. The molecule has 3 nitrogen and oxygen atoms in total. The Kier molecular flexibility index (Phi) is 4.85. The minimum Gasteiger partial charge on any atom is -0.370 e. The van der Waals surface area contributed by atoms with Crippen molar-refractivity contribution >= 4 is 5.91 Å². The number of nitrogens with one attached hydrogen (secondary N) is 1. The molecule has 1 aromatic carbocycles. The Morgan fingerprint density at radius 2 is 1.94 bits per heavy atom. The largest absolute Gasteiger partial charge is 0.370 e. The first-order valence-corrected chi connectivity index (χ1v) is 5.03. The summed E-state index contributed by atoms with van der Waals surface area (Å²) in [5.74, 6) is -1.51. The molecule has 88 valence electrons. The summed E-state index contributed by atoms with van der Waals surface area (Å²) in [5, 5.41) is 2.85. The van der Waals surface area contributed by atoms with Gasteiger partial charge in [-0.25, -0.2) is 8.78 Å². The van der Waals surface area contributed by atoms with Crippen LogP contribution < -0.4 is 11.1 Å². The Morgan fingerprint density at radius 1 is 1.31 bits per heavy atom. The number of nitrogens with two attached hydrogens (primary N) is 1. The number of amides is 1. The van der Waals surface area contributed by atoms with Crippen LogP contribution in [-0.2, 0) is 11.3 Å². The van der Waals surface area contributed by atoms with Gasteiger partial charge in [0, 0.05) is 18.5 Å². The number of carbonyl (C=O) groups is 1. The van der Waals surface area contributed by atoms with Gasteiger partial charge in [-0.1, -0.05) is 6.07 Å².